The molecule has 0 saturated carbocycles. The Hall–Kier alpha value is -2.04. The Labute approximate surface area is 129 Å². The van der Waals surface area contributed by atoms with Crippen molar-refractivity contribution in [3.05, 3.63) is 59.7 Å². The number of hydrogen-bond donors (Lipinski definition) is 1. The zero-order valence-electron chi connectivity index (χ0n) is 12.1. The zero-order valence-corrected chi connectivity index (χ0v) is 12.1. The highest BCUT2D eigenvalue weighted by Gasteiger charge is 2.31. The highest BCUT2D eigenvalue weighted by Crippen LogP contribution is 2.31. The number of hydrogen-bond acceptors (Lipinski definition) is 4. The Morgan fingerprint density at radius 2 is 1.59 bits per heavy atom. The highest BCUT2D eigenvalue weighted by atomic mass is 16.6. The molecule has 0 radical (unpaired) electrons. The first kappa shape index (κ1) is 13.6. The number of fused-ring (bicyclic) bond motifs is 2. The maximum absolute atomic E-state index is 10.2. The smallest absolute Gasteiger partial charge is 0.192 e. The van der Waals surface area contributed by atoms with Crippen LogP contribution in [0.2, 0.25) is 0 Å². The Balaban J connectivity index is 1.31. The number of aliphatic hydroxyl groups is 1. The van der Waals surface area contributed by atoms with Crippen molar-refractivity contribution in [1.82, 2.24) is 0 Å². The van der Waals surface area contributed by atoms with Crippen LogP contribution in [-0.2, 0) is 17.6 Å². The molecular weight excluding hydrogens is 280 g/mol. The summed E-state index contributed by atoms with van der Waals surface area (Å²) >= 11 is 0. The van der Waals surface area contributed by atoms with Crippen LogP contribution in [0.5, 0.6) is 11.5 Å². The lowest BCUT2D eigenvalue weighted by Gasteiger charge is -2.20. The van der Waals surface area contributed by atoms with Gasteiger partial charge in [0, 0.05) is 12.8 Å². The SMILES string of the molecule is O[C@H](OC[C@@H]1Cc2ccccc2O1)[C@@H]1Cc2ccccc2O1. The summed E-state index contributed by atoms with van der Waals surface area (Å²) in [5.41, 5.74) is 2.30. The third kappa shape index (κ3) is 2.56. The van der Waals surface area contributed by atoms with Crippen molar-refractivity contribution in [3.8, 4) is 11.5 Å². The van der Waals surface area contributed by atoms with Crippen LogP contribution < -0.4 is 9.47 Å². The molecule has 2 aromatic carbocycles. The first-order valence-electron chi connectivity index (χ1n) is 7.58. The van der Waals surface area contributed by atoms with Gasteiger partial charge in [0.2, 0.25) is 0 Å². The van der Waals surface area contributed by atoms with Gasteiger partial charge in [-0.05, 0) is 23.3 Å². The molecule has 114 valence electrons. The van der Waals surface area contributed by atoms with Gasteiger partial charge in [0.1, 0.15) is 17.6 Å². The monoisotopic (exact) mass is 298 g/mol. The molecule has 2 aromatic rings. The summed E-state index contributed by atoms with van der Waals surface area (Å²) in [4.78, 5) is 0. The number of rotatable bonds is 4. The van der Waals surface area contributed by atoms with E-state index in [0.717, 1.165) is 23.5 Å². The van der Waals surface area contributed by atoms with E-state index in [2.05, 4.69) is 6.07 Å². The van der Waals surface area contributed by atoms with Crippen molar-refractivity contribution in [2.45, 2.75) is 31.3 Å². The number of benzene rings is 2. The molecule has 2 aliphatic rings. The van der Waals surface area contributed by atoms with E-state index in [4.69, 9.17) is 14.2 Å². The minimum Gasteiger partial charge on any atom is -0.487 e. The van der Waals surface area contributed by atoms with Gasteiger partial charge in [-0.2, -0.15) is 0 Å². The predicted molar refractivity (Wildman–Crippen MR) is 81.1 cm³/mol. The third-order valence-electron chi connectivity index (χ3n) is 4.16. The largest absolute Gasteiger partial charge is 0.487 e. The van der Waals surface area contributed by atoms with E-state index >= 15 is 0 Å². The maximum Gasteiger partial charge on any atom is 0.192 e. The van der Waals surface area contributed by atoms with Gasteiger partial charge in [0.25, 0.3) is 0 Å². The lowest BCUT2D eigenvalue weighted by Crippen LogP contribution is -2.35. The molecule has 4 heteroatoms. The minimum atomic E-state index is -0.945. The minimum absolute atomic E-state index is 0.0455. The molecule has 0 fully saturated rings. The van der Waals surface area contributed by atoms with Crippen LogP contribution in [0.25, 0.3) is 0 Å². The fraction of sp³-hybridized carbons (Fsp3) is 0.333. The summed E-state index contributed by atoms with van der Waals surface area (Å²) < 4.78 is 17.1. The topological polar surface area (TPSA) is 47.9 Å². The Morgan fingerprint density at radius 3 is 2.27 bits per heavy atom. The van der Waals surface area contributed by atoms with Crippen LogP contribution in [0, 0.1) is 0 Å². The Bertz CT molecular complexity index is 620. The maximum atomic E-state index is 10.2. The number of ether oxygens (including phenoxy) is 3. The second-order valence-corrected chi connectivity index (χ2v) is 5.74. The third-order valence-corrected chi connectivity index (χ3v) is 4.16. The van der Waals surface area contributed by atoms with Crippen molar-refractivity contribution in [2.24, 2.45) is 0 Å². The summed E-state index contributed by atoms with van der Waals surface area (Å²) in [6.45, 7) is 0.353. The molecule has 2 aliphatic heterocycles. The van der Waals surface area contributed by atoms with Crippen LogP contribution in [0.1, 0.15) is 11.1 Å². The molecular formula is C18H18O4. The zero-order chi connectivity index (χ0) is 14.9. The lowest BCUT2D eigenvalue weighted by atomic mass is 10.1. The van der Waals surface area contributed by atoms with Gasteiger partial charge >= 0.3 is 0 Å². The van der Waals surface area contributed by atoms with Gasteiger partial charge in [-0.15, -0.1) is 0 Å². The van der Waals surface area contributed by atoms with E-state index in [1.165, 1.54) is 5.56 Å². The van der Waals surface area contributed by atoms with E-state index in [1.54, 1.807) is 0 Å². The van der Waals surface area contributed by atoms with Crippen LogP contribution in [0.4, 0.5) is 0 Å². The summed E-state index contributed by atoms with van der Waals surface area (Å²) in [7, 11) is 0. The molecule has 0 spiro atoms. The van der Waals surface area contributed by atoms with Gasteiger partial charge in [-0.1, -0.05) is 36.4 Å². The average molecular weight is 298 g/mol. The second kappa shape index (κ2) is 5.63. The van der Waals surface area contributed by atoms with E-state index in [1.807, 2.05) is 42.5 Å². The van der Waals surface area contributed by atoms with E-state index in [0.29, 0.717) is 13.0 Å². The molecule has 3 atom stereocenters. The molecule has 0 aromatic heterocycles. The summed E-state index contributed by atoms with van der Waals surface area (Å²) in [5, 5.41) is 10.2. The molecule has 0 unspecified atom stereocenters. The number of para-hydroxylation sites is 2. The average Bonchev–Trinajstić information content (AvgIpc) is 3.15. The van der Waals surface area contributed by atoms with Crippen molar-refractivity contribution in [3.63, 3.8) is 0 Å². The first-order valence-corrected chi connectivity index (χ1v) is 7.58. The fourth-order valence-corrected chi connectivity index (χ4v) is 3.03. The molecule has 0 bridgehead atoms. The lowest BCUT2D eigenvalue weighted by molar-refractivity contribution is -0.159. The number of aliphatic hydroxyl groups excluding tert-OH is 1. The predicted octanol–water partition coefficient (Wildman–Crippen LogP) is 2.33. The van der Waals surface area contributed by atoms with E-state index < -0.39 is 6.29 Å². The summed E-state index contributed by atoms with van der Waals surface area (Å²) in [6.07, 6.45) is 0.147. The normalized spacial score (nSPS) is 23.3. The molecule has 4 nitrogen and oxygen atoms in total. The summed E-state index contributed by atoms with van der Waals surface area (Å²) in [5.74, 6) is 1.75. The molecule has 4 rings (SSSR count). The van der Waals surface area contributed by atoms with Crippen molar-refractivity contribution >= 4 is 0 Å². The summed E-state index contributed by atoms with van der Waals surface area (Å²) in [6, 6.07) is 15.8. The van der Waals surface area contributed by atoms with E-state index in [-0.39, 0.29) is 12.2 Å². The molecule has 22 heavy (non-hydrogen) atoms. The molecule has 1 N–H and O–H groups in total. The molecule has 0 aliphatic carbocycles. The Kier molecular flexibility index (Phi) is 3.48. The van der Waals surface area contributed by atoms with Crippen LogP contribution in [0.3, 0.4) is 0 Å². The quantitative estimate of drug-likeness (QED) is 0.880. The molecule has 0 saturated heterocycles. The van der Waals surface area contributed by atoms with Gasteiger partial charge in [0.15, 0.2) is 12.4 Å². The van der Waals surface area contributed by atoms with Gasteiger partial charge in [-0.3, -0.25) is 0 Å². The Morgan fingerprint density at radius 1 is 0.955 bits per heavy atom. The van der Waals surface area contributed by atoms with Crippen molar-refractivity contribution in [1.29, 1.82) is 0 Å². The van der Waals surface area contributed by atoms with Gasteiger partial charge < -0.3 is 19.3 Å². The van der Waals surface area contributed by atoms with Crippen LogP contribution >= 0.6 is 0 Å². The highest BCUT2D eigenvalue weighted by molar-refractivity contribution is 5.38. The van der Waals surface area contributed by atoms with Crippen LogP contribution in [-0.4, -0.2) is 30.2 Å². The molecule has 2 heterocycles. The standard InChI is InChI=1S/C18H18O4/c19-18(17-10-13-6-2-4-8-16(13)22-17)20-11-14-9-12-5-1-3-7-15(12)21-14/h1-8,14,17-19H,9-11H2/t14-,17-,18+/m0/s1. The second-order valence-electron chi connectivity index (χ2n) is 5.74. The van der Waals surface area contributed by atoms with Crippen molar-refractivity contribution in [2.75, 3.05) is 6.61 Å². The van der Waals surface area contributed by atoms with E-state index in [9.17, 15) is 5.11 Å². The first-order chi connectivity index (χ1) is 10.8. The van der Waals surface area contributed by atoms with Crippen LogP contribution in [0.15, 0.2) is 48.5 Å². The van der Waals surface area contributed by atoms with Gasteiger partial charge in [-0.25, -0.2) is 0 Å². The molecule has 0 amide bonds. The van der Waals surface area contributed by atoms with Gasteiger partial charge in [0.05, 0.1) is 6.61 Å². The fourth-order valence-electron chi connectivity index (χ4n) is 3.03. The van der Waals surface area contributed by atoms with Crippen molar-refractivity contribution < 1.29 is 19.3 Å².